The molecule has 0 saturated carbocycles. The third kappa shape index (κ3) is 6.37. The van der Waals surface area contributed by atoms with Crippen LogP contribution in [-0.4, -0.2) is 55.5 Å². The lowest BCUT2D eigenvalue weighted by atomic mass is 10.3. The fourth-order valence-corrected chi connectivity index (χ4v) is 1.36. The maximum absolute atomic E-state index is 11.9. The third-order valence-corrected chi connectivity index (χ3v) is 2.20. The van der Waals surface area contributed by atoms with Gasteiger partial charge in [-0.15, -0.1) is 13.2 Å². The van der Waals surface area contributed by atoms with Gasteiger partial charge in [0.2, 0.25) is 5.91 Å². The first-order valence-electron chi connectivity index (χ1n) is 5.53. The molecule has 0 aromatic carbocycles. The lowest BCUT2D eigenvalue weighted by Crippen LogP contribution is -2.39. The van der Waals surface area contributed by atoms with Gasteiger partial charge in [0.1, 0.15) is 0 Å². The van der Waals surface area contributed by atoms with Crippen LogP contribution in [-0.2, 0) is 4.79 Å². The lowest BCUT2D eigenvalue weighted by molar-refractivity contribution is -0.131. The molecule has 92 valence electrons. The first kappa shape index (κ1) is 14.9. The third-order valence-electron chi connectivity index (χ3n) is 2.20. The monoisotopic (exact) mass is 225 g/mol. The van der Waals surface area contributed by atoms with Gasteiger partial charge in [-0.25, -0.2) is 0 Å². The molecule has 0 aliphatic rings. The van der Waals surface area contributed by atoms with Gasteiger partial charge < -0.3 is 10.6 Å². The molecule has 0 spiro atoms. The summed E-state index contributed by atoms with van der Waals surface area (Å²) < 4.78 is 0. The summed E-state index contributed by atoms with van der Waals surface area (Å²) in [5.74, 6) is 0.0966. The van der Waals surface area contributed by atoms with Crippen LogP contribution < -0.4 is 5.73 Å². The van der Waals surface area contributed by atoms with Crippen molar-refractivity contribution < 1.29 is 4.79 Å². The molecular weight excluding hydrogens is 202 g/mol. The molecule has 16 heavy (non-hydrogen) atoms. The van der Waals surface area contributed by atoms with Gasteiger partial charge in [0.25, 0.3) is 0 Å². The van der Waals surface area contributed by atoms with Crippen molar-refractivity contribution >= 4 is 5.91 Å². The largest absolute Gasteiger partial charge is 0.334 e. The molecule has 0 rings (SSSR count). The number of hydrogen-bond donors (Lipinski definition) is 1. The minimum absolute atomic E-state index is 0.0966. The van der Waals surface area contributed by atoms with E-state index in [4.69, 9.17) is 5.73 Å². The number of nitrogens with zero attached hydrogens (tertiary/aromatic N) is 2. The molecule has 0 saturated heterocycles. The molecule has 0 unspecified atom stereocenters. The van der Waals surface area contributed by atoms with E-state index in [1.807, 2.05) is 11.9 Å². The zero-order valence-corrected chi connectivity index (χ0v) is 10.2. The van der Waals surface area contributed by atoms with Crippen molar-refractivity contribution in [2.45, 2.75) is 6.42 Å². The molecule has 1 amide bonds. The van der Waals surface area contributed by atoms with Gasteiger partial charge in [-0.3, -0.25) is 9.69 Å². The Hall–Kier alpha value is -1.13. The Morgan fingerprint density at radius 3 is 2.31 bits per heavy atom. The molecule has 0 atom stereocenters. The molecular formula is C12H23N3O. The SMILES string of the molecule is C=CCN(CC=C)C(=O)CN(C)CCCN. The molecule has 0 bridgehead atoms. The van der Waals surface area contributed by atoms with Gasteiger partial charge in [0.15, 0.2) is 0 Å². The Labute approximate surface area is 98.4 Å². The maximum atomic E-state index is 11.9. The minimum atomic E-state index is 0.0966. The molecule has 2 N–H and O–H groups in total. The van der Waals surface area contributed by atoms with Gasteiger partial charge in [-0.1, -0.05) is 12.2 Å². The fourth-order valence-electron chi connectivity index (χ4n) is 1.36. The van der Waals surface area contributed by atoms with Crippen LogP contribution in [0.15, 0.2) is 25.3 Å². The van der Waals surface area contributed by atoms with Crippen molar-refractivity contribution in [2.75, 3.05) is 39.8 Å². The zero-order chi connectivity index (χ0) is 12.4. The average molecular weight is 225 g/mol. The van der Waals surface area contributed by atoms with Crippen LogP contribution in [0.5, 0.6) is 0 Å². The topological polar surface area (TPSA) is 49.6 Å². The van der Waals surface area contributed by atoms with E-state index >= 15 is 0 Å². The Morgan fingerprint density at radius 1 is 1.31 bits per heavy atom. The number of likely N-dealkylation sites (N-methyl/N-ethyl adjacent to an activating group) is 1. The van der Waals surface area contributed by atoms with Gasteiger partial charge in [-0.05, 0) is 26.6 Å². The van der Waals surface area contributed by atoms with E-state index in [9.17, 15) is 4.79 Å². The van der Waals surface area contributed by atoms with E-state index in [2.05, 4.69) is 13.2 Å². The first-order chi connectivity index (χ1) is 7.65. The molecule has 4 nitrogen and oxygen atoms in total. The number of carbonyl (C=O) groups excluding carboxylic acids is 1. The fraction of sp³-hybridized carbons (Fsp3) is 0.583. The van der Waals surface area contributed by atoms with Gasteiger partial charge in [-0.2, -0.15) is 0 Å². The standard InChI is InChI=1S/C12H23N3O/c1-4-8-15(9-5-2)12(16)11-14(3)10-6-7-13/h4-5H,1-2,6-11,13H2,3H3. The highest BCUT2D eigenvalue weighted by Crippen LogP contribution is 1.94. The van der Waals surface area contributed by atoms with E-state index in [1.54, 1.807) is 17.1 Å². The molecule has 0 aliphatic heterocycles. The normalized spacial score (nSPS) is 10.2. The summed E-state index contributed by atoms with van der Waals surface area (Å²) in [6, 6.07) is 0. The second-order valence-corrected chi connectivity index (χ2v) is 3.76. The van der Waals surface area contributed by atoms with Crippen molar-refractivity contribution in [3.05, 3.63) is 25.3 Å². The zero-order valence-electron chi connectivity index (χ0n) is 10.2. The van der Waals surface area contributed by atoms with Gasteiger partial charge in [0, 0.05) is 13.1 Å². The predicted octanol–water partition coefficient (Wildman–Crippen LogP) is 0.468. The summed E-state index contributed by atoms with van der Waals surface area (Å²) >= 11 is 0. The second-order valence-electron chi connectivity index (χ2n) is 3.76. The summed E-state index contributed by atoms with van der Waals surface area (Å²) in [7, 11) is 1.92. The number of amides is 1. The van der Waals surface area contributed by atoms with Crippen molar-refractivity contribution in [3.63, 3.8) is 0 Å². The average Bonchev–Trinajstić information content (AvgIpc) is 2.26. The summed E-state index contributed by atoms with van der Waals surface area (Å²) in [5, 5.41) is 0. The highest BCUT2D eigenvalue weighted by Gasteiger charge is 2.12. The molecule has 0 aromatic heterocycles. The minimum Gasteiger partial charge on any atom is -0.334 e. The van der Waals surface area contributed by atoms with Crippen molar-refractivity contribution in [2.24, 2.45) is 5.73 Å². The second kappa shape index (κ2) is 9.12. The van der Waals surface area contributed by atoms with Gasteiger partial charge in [0.05, 0.1) is 6.54 Å². The number of rotatable bonds is 9. The molecule has 0 fully saturated rings. The van der Waals surface area contributed by atoms with Gasteiger partial charge >= 0.3 is 0 Å². The van der Waals surface area contributed by atoms with Crippen LogP contribution in [0.1, 0.15) is 6.42 Å². The summed E-state index contributed by atoms with van der Waals surface area (Å²) in [6.45, 7) is 10.3. The summed E-state index contributed by atoms with van der Waals surface area (Å²) in [5.41, 5.74) is 5.41. The Kier molecular flexibility index (Phi) is 8.48. The van der Waals surface area contributed by atoms with E-state index in [1.165, 1.54) is 0 Å². The van der Waals surface area contributed by atoms with E-state index in [0.29, 0.717) is 26.2 Å². The van der Waals surface area contributed by atoms with E-state index in [-0.39, 0.29) is 5.91 Å². The Bertz CT molecular complexity index is 218. The maximum Gasteiger partial charge on any atom is 0.237 e. The molecule has 0 aliphatic carbocycles. The van der Waals surface area contributed by atoms with Crippen molar-refractivity contribution in [3.8, 4) is 0 Å². The quantitative estimate of drug-likeness (QED) is 0.580. The van der Waals surface area contributed by atoms with E-state index < -0.39 is 0 Å². The lowest BCUT2D eigenvalue weighted by Gasteiger charge is -2.23. The first-order valence-corrected chi connectivity index (χ1v) is 5.53. The van der Waals surface area contributed by atoms with E-state index in [0.717, 1.165) is 13.0 Å². The number of carbonyl (C=O) groups is 1. The number of nitrogens with two attached hydrogens (primary N) is 1. The van der Waals surface area contributed by atoms with Crippen LogP contribution in [0.3, 0.4) is 0 Å². The van der Waals surface area contributed by atoms with Crippen LogP contribution in [0.25, 0.3) is 0 Å². The predicted molar refractivity (Wildman–Crippen MR) is 68.1 cm³/mol. The van der Waals surface area contributed by atoms with Crippen LogP contribution in [0.2, 0.25) is 0 Å². The van der Waals surface area contributed by atoms with Crippen LogP contribution in [0.4, 0.5) is 0 Å². The van der Waals surface area contributed by atoms with Crippen molar-refractivity contribution in [1.82, 2.24) is 9.80 Å². The highest BCUT2D eigenvalue weighted by molar-refractivity contribution is 5.78. The molecule has 0 heterocycles. The summed E-state index contributed by atoms with van der Waals surface area (Å²) in [4.78, 5) is 15.6. The smallest absolute Gasteiger partial charge is 0.237 e. The molecule has 0 radical (unpaired) electrons. The molecule has 0 aromatic rings. The number of hydrogen-bond acceptors (Lipinski definition) is 3. The molecule has 4 heteroatoms. The summed E-state index contributed by atoms with van der Waals surface area (Å²) in [6.07, 6.45) is 4.36. The van der Waals surface area contributed by atoms with Crippen LogP contribution >= 0.6 is 0 Å². The highest BCUT2D eigenvalue weighted by atomic mass is 16.2. The van der Waals surface area contributed by atoms with Crippen LogP contribution in [0, 0.1) is 0 Å². The Balaban J connectivity index is 4.06. The Morgan fingerprint density at radius 2 is 1.88 bits per heavy atom. The van der Waals surface area contributed by atoms with Crippen molar-refractivity contribution in [1.29, 1.82) is 0 Å².